The van der Waals surface area contributed by atoms with Crippen LogP contribution in [-0.2, 0) is 11.3 Å². The largest absolute Gasteiger partial charge is 0.478 e. The van der Waals surface area contributed by atoms with E-state index in [9.17, 15) is 9.59 Å². The molecule has 0 saturated carbocycles. The fraction of sp³-hybridized carbons (Fsp3) is 0.133. The van der Waals surface area contributed by atoms with Crippen molar-refractivity contribution >= 4 is 29.3 Å². The molecule has 0 unspecified atom stereocenters. The van der Waals surface area contributed by atoms with E-state index in [2.05, 4.69) is 10.3 Å². The number of carboxylic acids is 1. The zero-order valence-electron chi connectivity index (χ0n) is 11.4. The fourth-order valence-corrected chi connectivity index (χ4v) is 2.38. The van der Waals surface area contributed by atoms with Gasteiger partial charge in [0.1, 0.15) is 0 Å². The molecule has 0 spiro atoms. The van der Waals surface area contributed by atoms with Crippen molar-refractivity contribution in [2.75, 3.05) is 0 Å². The number of nitrogens with zero attached hydrogens (tertiary/aromatic N) is 1. The van der Waals surface area contributed by atoms with Crippen LogP contribution >= 0.6 is 11.3 Å². The Labute approximate surface area is 126 Å². The van der Waals surface area contributed by atoms with Crippen molar-refractivity contribution in [3.63, 3.8) is 0 Å². The average molecular weight is 302 g/mol. The van der Waals surface area contributed by atoms with E-state index in [4.69, 9.17) is 5.11 Å². The molecule has 0 aliphatic rings. The fourth-order valence-electron chi connectivity index (χ4n) is 1.60. The van der Waals surface area contributed by atoms with Crippen molar-refractivity contribution in [3.05, 3.63) is 57.6 Å². The molecule has 0 atom stereocenters. The first-order chi connectivity index (χ1) is 10.0. The number of carbonyl (C=O) groups is 2. The Hall–Kier alpha value is -2.47. The Morgan fingerprint density at radius 3 is 2.90 bits per heavy atom. The van der Waals surface area contributed by atoms with Gasteiger partial charge in [-0.05, 0) is 30.7 Å². The van der Waals surface area contributed by atoms with Crippen LogP contribution in [0.3, 0.4) is 0 Å². The number of amides is 1. The van der Waals surface area contributed by atoms with E-state index in [0.29, 0.717) is 12.1 Å². The first-order valence-corrected chi connectivity index (χ1v) is 7.12. The Balaban J connectivity index is 1.94. The third kappa shape index (κ3) is 4.54. The van der Waals surface area contributed by atoms with Gasteiger partial charge in [-0.3, -0.25) is 9.78 Å². The van der Waals surface area contributed by atoms with E-state index < -0.39 is 5.97 Å². The summed E-state index contributed by atoms with van der Waals surface area (Å²) in [5.74, 6) is -1.21. The van der Waals surface area contributed by atoms with Crippen molar-refractivity contribution in [3.8, 4) is 0 Å². The average Bonchev–Trinajstić information content (AvgIpc) is 2.93. The third-order valence-corrected chi connectivity index (χ3v) is 3.60. The first-order valence-electron chi connectivity index (χ1n) is 6.24. The Kier molecular flexibility index (Phi) is 4.84. The summed E-state index contributed by atoms with van der Waals surface area (Å²) < 4.78 is 0. The molecule has 0 saturated heterocycles. The van der Waals surface area contributed by atoms with Gasteiger partial charge in [-0.1, -0.05) is 6.07 Å². The van der Waals surface area contributed by atoms with Crippen LogP contribution < -0.4 is 5.32 Å². The number of aryl methyl sites for hydroxylation is 1. The number of aromatic nitrogens is 1. The lowest BCUT2D eigenvalue weighted by Crippen LogP contribution is -2.22. The second-order valence-electron chi connectivity index (χ2n) is 4.40. The lowest BCUT2D eigenvalue weighted by atomic mass is 10.2. The maximum absolute atomic E-state index is 12.0. The minimum absolute atomic E-state index is 0.193. The van der Waals surface area contributed by atoms with E-state index in [1.54, 1.807) is 17.6 Å². The Morgan fingerprint density at radius 2 is 2.24 bits per heavy atom. The highest BCUT2D eigenvalue weighted by Gasteiger charge is 2.07. The smallest absolute Gasteiger partial charge is 0.328 e. The molecule has 2 heterocycles. The maximum atomic E-state index is 12.0. The van der Waals surface area contributed by atoms with Crippen LogP contribution in [0.25, 0.3) is 6.08 Å². The molecule has 21 heavy (non-hydrogen) atoms. The summed E-state index contributed by atoms with van der Waals surface area (Å²) in [6.07, 6.45) is 4.24. The maximum Gasteiger partial charge on any atom is 0.328 e. The minimum atomic E-state index is -1.01. The number of thiophene rings is 1. The van der Waals surface area contributed by atoms with Gasteiger partial charge >= 0.3 is 5.97 Å². The van der Waals surface area contributed by atoms with Crippen molar-refractivity contribution in [1.29, 1.82) is 0 Å². The first kappa shape index (κ1) is 14.9. The molecule has 0 aliphatic heterocycles. The van der Waals surface area contributed by atoms with Crippen molar-refractivity contribution in [1.82, 2.24) is 10.3 Å². The molecule has 1 amide bonds. The van der Waals surface area contributed by atoms with Crippen LogP contribution in [0, 0.1) is 6.92 Å². The summed E-state index contributed by atoms with van der Waals surface area (Å²) in [7, 11) is 0. The molecular weight excluding hydrogens is 288 g/mol. The van der Waals surface area contributed by atoms with Crippen LogP contribution in [0.5, 0.6) is 0 Å². The summed E-state index contributed by atoms with van der Waals surface area (Å²) in [6, 6.07) is 5.46. The lowest BCUT2D eigenvalue weighted by molar-refractivity contribution is -0.131. The Bertz CT molecular complexity index is 674. The molecule has 0 aliphatic carbocycles. The van der Waals surface area contributed by atoms with E-state index in [1.165, 1.54) is 17.4 Å². The highest BCUT2D eigenvalue weighted by Crippen LogP contribution is 2.16. The number of hydrogen-bond acceptors (Lipinski definition) is 4. The van der Waals surface area contributed by atoms with E-state index >= 15 is 0 Å². The minimum Gasteiger partial charge on any atom is -0.478 e. The number of nitrogens with one attached hydrogen (secondary N) is 1. The second kappa shape index (κ2) is 6.81. The summed E-state index contributed by atoms with van der Waals surface area (Å²) in [4.78, 5) is 27.3. The van der Waals surface area contributed by atoms with Gasteiger partial charge in [0.2, 0.25) is 0 Å². The lowest BCUT2D eigenvalue weighted by Gasteiger charge is -2.03. The van der Waals surface area contributed by atoms with Crippen molar-refractivity contribution in [2.45, 2.75) is 13.5 Å². The van der Waals surface area contributed by atoms with Crippen molar-refractivity contribution in [2.24, 2.45) is 0 Å². The highest BCUT2D eigenvalue weighted by molar-refractivity contribution is 7.11. The quantitative estimate of drug-likeness (QED) is 0.832. The SMILES string of the molecule is Cc1ccc(CNC(=O)c2csc(C=CC(=O)O)c2)cn1. The predicted octanol–water partition coefficient (Wildman–Crippen LogP) is 2.48. The molecule has 0 fully saturated rings. The van der Waals surface area contributed by atoms with Crippen molar-refractivity contribution < 1.29 is 14.7 Å². The van der Waals surface area contributed by atoms with Gasteiger partial charge in [-0.2, -0.15) is 0 Å². The predicted molar refractivity (Wildman–Crippen MR) is 81.1 cm³/mol. The normalized spacial score (nSPS) is 10.7. The summed E-state index contributed by atoms with van der Waals surface area (Å²) in [6.45, 7) is 2.31. The third-order valence-electron chi connectivity index (χ3n) is 2.70. The van der Waals surface area contributed by atoms with E-state index in [0.717, 1.165) is 22.2 Å². The highest BCUT2D eigenvalue weighted by atomic mass is 32.1. The molecule has 2 aromatic heterocycles. The number of rotatable bonds is 5. The number of pyridine rings is 1. The Morgan fingerprint density at radius 1 is 1.43 bits per heavy atom. The molecule has 108 valence electrons. The molecule has 0 bridgehead atoms. The molecule has 2 aromatic rings. The summed E-state index contributed by atoms with van der Waals surface area (Å²) in [5, 5.41) is 13.1. The van der Waals surface area contributed by atoms with Gasteiger partial charge < -0.3 is 10.4 Å². The van der Waals surface area contributed by atoms with Crippen LogP contribution in [0.2, 0.25) is 0 Å². The van der Waals surface area contributed by atoms with Crippen LogP contribution in [0.1, 0.15) is 26.5 Å². The van der Waals surface area contributed by atoms with Gasteiger partial charge in [0.15, 0.2) is 0 Å². The van der Waals surface area contributed by atoms with Crippen LogP contribution in [0.15, 0.2) is 35.9 Å². The second-order valence-corrected chi connectivity index (χ2v) is 5.34. The van der Waals surface area contributed by atoms with Gasteiger partial charge in [0.25, 0.3) is 5.91 Å². The monoisotopic (exact) mass is 302 g/mol. The summed E-state index contributed by atoms with van der Waals surface area (Å²) >= 11 is 1.32. The number of carbonyl (C=O) groups excluding carboxylic acids is 1. The molecule has 6 heteroatoms. The molecule has 5 nitrogen and oxygen atoms in total. The number of carboxylic acid groups (broad SMARTS) is 1. The van der Waals surface area contributed by atoms with Crippen LogP contribution in [-0.4, -0.2) is 22.0 Å². The van der Waals surface area contributed by atoms with E-state index in [1.807, 2.05) is 19.1 Å². The molecule has 2 rings (SSSR count). The van der Waals surface area contributed by atoms with Gasteiger partial charge in [0, 0.05) is 34.8 Å². The molecule has 0 radical (unpaired) electrons. The van der Waals surface area contributed by atoms with E-state index in [-0.39, 0.29) is 5.91 Å². The van der Waals surface area contributed by atoms with Crippen LogP contribution in [0.4, 0.5) is 0 Å². The van der Waals surface area contributed by atoms with Gasteiger partial charge in [-0.25, -0.2) is 4.79 Å². The zero-order valence-corrected chi connectivity index (χ0v) is 12.2. The molecule has 0 aromatic carbocycles. The number of hydrogen-bond donors (Lipinski definition) is 2. The molecule has 2 N–H and O–H groups in total. The summed E-state index contributed by atoms with van der Waals surface area (Å²) in [5.41, 5.74) is 2.37. The molecular formula is C15H14N2O3S. The standard InChI is InChI=1S/C15H14N2O3S/c1-10-2-3-11(7-16-10)8-17-15(20)12-6-13(21-9-12)4-5-14(18)19/h2-7,9H,8H2,1H3,(H,17,20)(H,18,19). The van der Waals surface area contributed by atoms with Gasteiger partial charge in [0.05, 0.1) is 5.56 Å². The van der Waals surface area contributed by atoms with Gasteiger partial charge in [-0.15, -0.1) is 11.3 Å². The zero-order chi connectivity index (χ0) is 15.2. The topological polar surface area (TPSA) is 79.3 Å². The number of aliphatic carboxylic acids is 1.